The Morgan fingerprint density at radius 2 is 1.83 bits per heavy atom. The summed E-state index contributed by atoms with van der Waals surface area (Å²) in [5.74, 6) is 0.293. The minimum Gasteiger partial charge on any atom is -0.355 e. The topological polar surface area (TPSA) is 99.8 Å². The molecule has 0 saturated carbocycles. The first-order valence-electron chi connectivity index (χ1n) is 5.76. The number of aromatic nitrogens is 3. The molecule has 0 aliphatic heterocycles. The number of H-pyrrole nitrogens is 1. The van der Waals surface area contributed by atoms with Crippen LogP contribution in [0.25, 0.3) is 0 Å². The van der Waals surface area contributed by atoms with Crippen LogP contribution >= 0.6 is 0 Å². The molecule has 1 aromatic heterocycles. The molecule has 7 nitrogen and oxygen atoms in total. The molecule has 0 spiro atoms. The Morgan fingerprint density at radius 1 is 1.22 bits per heavy atom. The van der Waals surface area contributed by atoms with Crippen molar-refractivity contribution in [3.05, 3.63) is 11.6 Å². The summed E-state index contributed by atoms with van der Waals surface area (Å²) in [5.41, 5.74) is -0.179. The van der Waals surface area contributed by atoms with Crippen LogP contribution in [0.3, 0.4) is 0 Å². The van der Waals surface area contributed by atoms with E-state index in [0.717, 1.165) is 0 Å². The van der Waals surface area contributed by atoms with Crippen LogP contribution in [0.5, 0.6) is 0 Å². The minimum absolute atomic E-state index is 0.114. The van der Waals surface area contributed by atoms with E-state index in [0.29, 0.717) is 18.9 Å². The van der Waals surface area contributed by atoms with E-state index in [9.17, 15) is 9.59 Å². The number of rotatable bonds is 4. The number of carbonyl (C=O) groups is 2. The van der Waals surface area contributed by atoms with E-state index in [-0.39, 0.29) is 23.1 Å². The summed E-state index contributed by atoms with van der Waals surface area (Å²) >= 11 is 0. The van der Waals surface area contributed by atoms with E-state index < -0.39 is 0 Å². The molecular formula is C11H19N5O2. The second kappa shape index (κ2) is 5.61. The maximum absolute atomic E-state index is 11.7. The minimum atomic E-state index is -0.355. The largest absolute Gasteiger partial charge is 0.355 e. The summed E-state index contributed by atoms with van der Waals surface area (Å²) in [6.45, 7) is 8.09. The number of hydrogen-bond acceptors (Lipinski definition) is 4. The van der Waals surface area contributed by atoms with Crippen LogP contribution in [-0.2, 0) is 10.2 Å². The van der Waals surface area contributed by atoms with Gasteiger partial charge in [0.1, 0.15) is 5.82 Å². The predicted molar refractivity (Wildman–Crippen MR) is 66.1 cm³/mol. The first kappa shape index (κ1) is 14.1. The van der Waals surface area contributed by atoms with E-state index in [4.69, 9.17) is 0 Å². The Labute approximate surface area is 106 Å². The van der Waals surface area contributed by atoms with Crippen molar-refractivity contribution in [3.63, 3.8) is 0 Å². The lowest BCUT2D eigenvalue weighted by molar-refractivity contribution is -0.118. The van der Waals surface area contributed by atoms with Gasteiger partial charge in [-0.15, -0.1) is 5.10 Å². The Hall–Kier alpha value is -1.92. The molecule has 3 N–H and O–H groups in total. The fraction of sp³-hybridized carbons (Fsp3) is 0.636. The van der Waals surface area contributed by atoms with Crippen molar-refractivity contribution in [1.82, 2.24) is 25.8 Å². The van der Waals surface area contributed by atoms with Crippen LogP contribution < -0.4 is 10.6 Å². The monoisotopic (exact) mass is 253 g/mol. The molecule has 1 rings (SSSR count). The van der Waals surface area contributed by atoms with Crippen LogP contribution in [0.15, 0.2) is 0 Å². The first-order chi connectivity index (χ1) is 8.30. The van der Waals surface area contributed by atoms with Gasteiger partial charge in [-0.1, -0.05) is 20.8 Å². The molecule has 0 fully saturated rings. The highest BCUT2D eigenvalue weighted by molar-refractivity contribution is 5.90. The quantitative estimate of drug-likeness (QED) is 0.656. The van der Waals surface area contributed by atoms with Crippen molar-refractivity contribution >= 4 is 11.8 Å². The van der Waals surface area contributed by atoms with Crippen LogP contribution in [0.2, 0.25) is 0 Å². The molecule has 1 heterocycles. The average Bonchev–Trinajstić information content (AvgIpc) is 2.72. The summed E-state index contributed by atoms with van der Waals surface area (Å²) in [5, 5.41) is 11.8. The summed E-state index contributed by atoms with van der Waals surface area (Å²) in [4.78, 5) is 26.4. The third-order valence-electron chi connectivity index (χ3n) is 2.18. The number of aromatic amines is 1. The summed E-state index contributed by atoms with van der Waals surface area (Å²) < 4.78 is 0. The molecule has 0 radical (unpaired) electrons. The highest BCUT2D eigenvalue weighted by atomic mass is 16.2. The van der Waals surface area contributed by atoms with Gasteiger partial charge in [0.25, 0.3) is 5.91 Å². The molecular weight excluding hydrogens is 234 g/mol. The van der Waals surface area contributed by atoms with Gasteiger partial charge in [-0.05, 0) is 0 Å². The number of nitrogens with zero attached hydrogens (tertiary/aromatic N) is 2. The van der Waals surface area contributed by atoms with Gasteiger partial charge in [0, 0.05) is 25.4 Å². The second-order valence-electron chi connectivity index (χ2n) is 5.00. The highest BCUT2D eigenvalue weighted by Gasteiger charge is 2.20. The molecule has 100 valence electrons. The van der Waals surface area contributed by atoms with Crippen LogP contribution in [0, 0.1) is 0 Å². The Balaban J connectivity index is 2.47. The number of amides is 2. The fourth-order valence-electron chi connectivity index (χ4n) is 1.19. The standard InChI is InChI=1S/C11H19N5O2/c1-7(17)12-5-6-13-9(18)8-14-10(16-15-8)11(2,3)4/h5-6H2,1-4H3,(H,12,17)(H,13,18)(H,14,15,16). The van der Waals surface area contributed by atoms with Crippen molar-refractivity contribution in [1.29, 1.82) is 0 Å². The lowest BCUT2D eigenvalue weighted by Gasteiger charge is -2.12. The van der Waals surface area contributed by atoms with Crippen molar-refractivity contribution in [3.8, 4) is 0 Å². The van der Waals surface area contributed by atoms with Gasteiger partial charge in [0.2, 0.25) is 11.7 Å². The molecule has 18 heavy (non-hydrogen) atoms. The Bertz CT molecular complexity index is 433. The predicted octanol–water partition coefficient (Wildman–Crippen LogP) is -0.0319. The lowest BCUT2D eigenvalue weighted by atomic mass is 9.96. The van der Waals surface area contributed by atoms with Crippen LogP contribution in [0.1, 0.15) is 44.1 Å². The van der Waals surface area contributed by atoms with E-state index in [2.05, 4.69) is 25.8 Å². The third kappa shape index (κ3) is 4.15. The fourth-order valence-corrected chi connectivity index (χ4v) is 1.19. The average molecular weight is 253 g/mol. The zero-order valence-corrected chi connectivity index (χ0v) is 11.1. The van der Waals surface area contributed by atoms with E-state index in [1.54, 1.807) is 0 Å². The number of nitrogens with one attached hydrogen (secondary N) is 3. The number of carbonyl (C=O) groups excluding carboxylic acids is 2. The van der Waals surface area contributed by atoms with Crippen molar-refractivity contribution in [2.45, 2.75) is 33.1 Å². The van der Waals surface area contributed by atoms with Crippen LogP contribution in [0.4, 0.5) is 0 Å². The second-order valence-corrected chi connectivity index (χ2v) is 5.00. The summed E-state index contributed by atoms with van der Waals surface area (Å²) in [6.07, 6.45) is 0. The number of hydrogen-bond donors (Lipinski definition) is 3. The summed E-state index contributed by atoms with van der Waals surface area (Å²) in [7, 11) is 0. The Morgan fingerprint density at radius 3 is 2.33 bits per heavy atom. The lowest BCUT2D eigenvalue weighted by Crippen LogP contribution is -2.34. The van der Waals surface area contributed by atoms with Gasteiger partial charge in [-0.25, -0.2) is 4.98 Å². The third-order valence-corrected chi connectivity index (χ3v) is 2.18. The molecule has 7 heteroatoms. The normalized spacial score (nSPS) is 11.1. The molecule has 0 bridgehead atoms. The molecule has 1 aromatic rings. The Kier molecular flexibility index (Phi) is 4.41. The van der Waals surface area contributed by atoms with E-state index in [1.807, 2.05) is 20.8 Å². The van der Waals surface area contributed by atoms with Gasteiger partial charge in [0.05, 0.1) is 0 Å². The van der Waals surface area contributed by atoms with Crippen molar-refractivity contribution in [2.24, 2.45) is 0 Å². The first-order valence-corrected chi connectivity index (χ1v) is 5.76. The maximum Gasteiger partial charge on any atom is 0.291 e. The van der Waals surface area contributed by atoms with Gasteiger partial charge < -0.3 is 10.6 Å². The molecule has 0 unspecified atom stereocenters. The molecule has 0 aliphatic carbocycles. The SMILES string of the molecule is CC(=O)NCCNC(=O)c1n[nH]c(C(C)(C)C)n1. The highest BCUT2D eigenvalue weighted by Crippen LogP contribution is 2.17. The smallest absolute Gasteiger partial charge is 0.291 e. The van der Waals surface area contributed by atoms with Gasteiger partial charge in [0.15, 0.2) is 0 Å². The summed E-state index contributed by atoms with van der Waals surface area (Å²) in [6, 6.07) is 0. The van der Waals surface area contributed by atoms with Crippen molar-refractivity contribution < 1.29 is 9.59 Å². The molecule has 0 aromatic carbocycles. The van der Waals surface area contributed by atoms with Crippen molar-refractivity contribution in [2.75, 3.05) is 13.1 Å². The molecule has 0 aliphatic rings. The molecule has 0 atom stereocenters. The maximum atomic E-state index is 11.7. The molecule has 0 saturated heterocycles. The molecule has 2 amide bonds. The van der Waals surface area contributed by atoms with Gasteiger partial charge in [-0.3, -0.25) is 14.7 Å². The van der Waals surface area contributed by atoms with Gasteiger partial charge >= 0.3 is 0 Å². The van der Waals surface area contributed by atoms with Crippen LogP contribution in [-0.4, -0.2) is 40.1 Å². The van der Waals surface area contributed by atoms with Gasteiger partial charge in [-0.2, -0.15) is 0 Å². The zero-order valence-electron chi connectivity index (χ0n) is 11.1. The van der Waals surface area contributed by atoms with E-state index in [1.165, 1.54) is 6.92 Å². The van der Waals surface area contributed by atoms with E-state index >= 15 is 0 Å². The zero-order chi connectivity index (χ0) is 13.8.